The van der Waals surface area contributed by atoms with E-state index < -0.39 is 11.8 Å². The van der Waals surface area contributed by atoms with Crippen molar-refractivity contribution in [3.05, 3.63) is 128 Å². The smallest absolute Gasteiger partial charge is 0.272 e. The molecule has 0 unspecified atom stereocenters. The fourth-order valence-corrected chi connectivity index (χ4v) is 5.14. The van der Waals surface area contributed by atoms with Gasteiger partial charge in [0.1, 0.15) is 5.70 Å². The average molecular weight is 645 g/mol. The van der Waals surface area contributed by atoms with Crippen LogP contribution in [0.3, 0.4) is 0 Å². The Bertz CT molecular complexity index is 1610. The lowest BCUT2D eigenvalue weighted by Gasteiger charge is -2.13. The molecule has 0 bridgehead atoms. The first-order valence-electron chi connectivity index (χ1n) is 12.0. The van der Waals surface area contributed by atoms with Gasteiger partial charge in [-0.15, -0.1) is 11.8 Å². The molecule has 0 aliphatic rings. The molecule has 0 radical (unpaired) electrons. The van der Waals surface area contributed by atoms with Crippen molar-refractivity contribution in [3.8, 4) is 0 Å². The Morgan fingerprint density at radius 2 is 1.39 bits per heavy atom. The molecule has 3 amide bonds. The predicted octanol–water partition coefficient (Wildman–Crippen LogP) is 8.44. The van der Waals surface area contributed by atoms with E-state index in [2.05, 4.69) is 16.0 Å². The van der Waals surface area contributed by atoms with Gasteiger partial charge in [-0.25, -0.2) is 0 Å². The van der Waals surface area contributed by atoms with Gasteiger partial charge in [-0.3, -0.25) is 14.4 Å². The summed E-state index contributed by atoms with van der Waals surface area (Å²) in [7, 11) is 0. The lowest BCUT2D eigenvalue weighted by atomic mass is 10.1. The van der Waals surface area contributed by atoms with Gasteiger partial charge in [0, 0.05) is 31.8 Å². The van der Waals surface area contributed by atoms with Crippen LogP contribution in [-0.4, -0.2) is 23.5 Å². The van der Waals surface area contributed by atoms with Crippen LogP contribution in [0.4, 0.5) is 11.4 Å². The van der Waals surface area contributed by atoms with Crippen molar-refractivity contribution in [3.63, 3.8) is 0 Å². The van der Waals surface area contributed by atoms with Crippen molar-refractivity contribution >= 4 is 93.3 Å². The van der Waals surface area contributed by atoms with Crippen molar-refractivity contribution < 1.29 is 14.4 Å². The van der Waals surface area contributed by atoms with Gasteiger partial charge in [0.05, 0.1) is 21.5 Å². The zero-order chi connectivity index (χ0) is 29.4. The third-order valence-corrected chi connectivity index (χ3v) is 7.98. The first kappa shape index (κ1) is 30.5. The molecule has 0 aliphatic heterocycles. The van der Waals surface area contributed by atoms with Gasteiger partial charge in [-0.1, -0.05) is 82.8 Å². The fourth-order valence-electron chi connectivity index (χ4n) is 3.53. The minimum absolute atomic E-state index is 0.0651. The number of anilines is 2. The highest BCUT2D eigenvalue weighted by atomic mass is 35.5. The van der Waals surface area contributed by atoms with Crippen LogP contribution < -0.4 is 16.0 Å². The van der Waals surface area contributed by atoms with E-state index in [4.69, 9.17) is 46.4 Å². The number of carbonyl (C=O) groups is 3. The molecule has 4 rings (SSSR count). The number of rotatable bonds is 9. The summed E-state index contributed by atoms with van der Waals surface area (Å²) in [4.78, 5) is 39.5. The highest BCUT2D eigenvalue weighted by Gasteiger charge is 2.17. The first-order valence-corrected chi connectivity index (χ1v) is 14.5. The van der Waals surface area contributed by atoms with E-state index in [-0.39, 0.29) is 22.4 Å². The molecule has 0 fully saturated rings. The number of amides is 3. The van der Waals surface area contributed by atoms with Crippen LogP contribution >= 0.6 is 58.2 Å². The van der Waals surface area contributed by atoms with Crippen LogP contribution in [0.15, 0.2) is 102 Å². The van der Waals surface area contributed by atoms with Crippen molar-refractivity contribution in [1.82, 2.24) is 5.32 Å². The van der Waals surface area contributed by atoms with Crippen LogP contribution in [0.25, 0.3) is 6.08 Å². The van der Waals surface area contributed by atoms with Crippen molar-refractivity contribution in [2.75, 3.05) is 16.4 Å². The van der Waals surface area contributed by atoms with Crippen LogP contribution in [0.5, 0.6) is 0 Å². The quantitative estimate of drug-likeness (QED) is 0.126. The summed E-state index contributed by atoms with van der Waals surface area (Å²) in [6, 6.07) is 25.3. The van der Waals surface area contributed by atoms with Crippen LogP contribution in [0.2, 0.25) is 20.1 Å². The van der Waals surface area contributed by atoms with E-state index in [1.165, 1.54) is 17.8 Å². The molecule has 4 aromatic carbocycles. The van der Waals surface area contributed by atoms with E-state index in [0.29, 0.717) is 37.6 Å². The SMILES string of the molecule is O=C(CSc1cccc(NC(=O)/C(=C\c2c(Cl)cccc2Cl)NC(=O)c2ccccc2)c1)Nc1cccc(Cl)c1Cl. The van der Waals surface area contributed by atoms with Crippen LogP contribution in [0, 0.1) is 0 Å². The normalized spacial score (nSPS) is 11.1. The Hall–Kier alpha value is -3.46. The number of halogens is 4. The Morgan fingerprint density at radius 3 is 2.12 bits per heavy atom. The Kier molecular flexibility index (Phi) is 10.7. The van der Waals surface area contributed by atoms with Gasteiger partial charge in [-0.2, -0.15) is 0 Å². The molecule has 0 aromatic heterocycles. The maximum atomic E-state index is 13.4. The molecule has 0 spiro atoms. The van der Waals surface area contributed by atoms with Gasteiger partial charge in [-0.05, 0) is 60.7 Å². The minimum atomic E-state index is -0.597. The monoisotopic (exact) mass is 643 g/mol. The second-order valence-corrected chi connectivity index (χ2v) is 11.1. The molecule has 41 heavy (non-hydrogen) atoms. The summed E-state index contributed by atoms with van der Waals surface area (Å²) in [5.74, 6) is -1.27. The summed E-state index contributed by atoms with van der Waals surface area (Å²) >= 11 is 26.1. The molecule has 3 N–H and O–H groups in total. The first-order chi connectivity index (χ1) is 19.7. The van der Waals surface area contributed by atoms with E-state index in [0.717, 1.165) is 4.90 Å². The highest BCUT2D eigenvalue weighted by Crippen LogP contribution is 2.30. The van der Waals surface area contributed by atoms with Gasteiger partial charge >= 0.3 is 0 Å². The largest absolute Gasteiger partial charge is 0.324 e. The molecule has 11 heteroatoms. The summed E-state index contributed by atoms with van der Waals surface area (Å²) in [6.45, 7) is 0. The van der Waals surface area contributed by atoms with Crippen LogP contribution in [-0.2, 0) is 9.59 Å². The summed E-state index contributed by atoms with van der Waals surface area (Å²) < 4.78 is 0. The van der Waals surface area contributed by atoms with Crippen molar-refractivity contribution in [2.24, 2.45) is 0 Å². The minimum Gasteiger partial charge on any atom is -0.324 e. The number of hydrogen-bond donors (Lipinski definition) is 3. The molecule has 0 saturated carbocycles. The third kappa shape index (κ3) is 8.52. The molecule has 0 saturated heterocycles. The number of nitrogens with one attached hydrogen (secondary N) is 3. The van der Waals surface area contributed by atoms with Gasteiger partial charge in [0.15, 0.2) is 0 Å². The van der Waals surface area contributed by atoms with Gasteiger partial charge < -0.3 is 16.0 Å². The topological polar surface area (TPSA) is 87.3 Å². The molecule has 0 aliphatic carbocycles. The zero-order valence-corrected chi connectivity index (χ0v) is 24.9. The summed E-state index contributed by atoms with van der Waals surface area (Å²) in [5.41, 5.74) is 1.55. The summed E-state index contributed by atoms with van der Waals surface area (Å²) in [5, 5.41) is 9.40. The maximum Gasteiger partial charge on any atom is 0.272 e. The number of thioether (sulfide) groups is 1. The maximum absolute atomic E-state index is 13.4. The number of benzene rings is 4. The van der Waals surface area contributed by atoms with E-state index >= 15 is 0 Å². The molecule has 208 valence electrons. The average Bonchev–Trinajstić information content (AvgIpc) is 2.96. The predicted molar refractivity (Wildman–Crippen MR) is 169 cm³/mol. The standard InChI is InChI=1S/C30H21Cl4N3O3S/c31-22-11-5-12-23(32)21(22)16-26(37-29(39)18-7-2-1-3-8-18)30(40)35-19-9-4-10-20(15-19)41-17-27(38)36-25-14-6-13-24(33)28(25)34/h1-16H,17H2,(H,35,40)(H,36,38)(H,37,39)/b26-16+. The number of hydrogen-bond acceptors (Lipinski definition) is 4. The Balaban J connectivity index is 1.49. The lowest BCUT2D eigenvalue weighted by molar-refractivity contribution is -0.114. The Labute approximate surface area is 261 Å². The molecule has 6 nitrogen and oxygen atoms in total. The molecule has 0 heterocycles. The van der Waals surface area contributed by atoms with Crippen molar-refractivity contribution in [2.45, 2.75) is 4.90 Å². The second-order valence-electron chi connectivity index (χ2n) is 8.43. The second kappa shape index (κ2) is 14.4. The van der Waals surface area contributed by atoms with Crippen LogP contribution in [0.1, 0.15) is 15.9 Å². The highest BCUT2D eigenvalue weighted by molar-refractivity contribution is 8.00. The third-order valence-electron chi connectivity index (χ3n) is 5.50. The van der Waals surface area contributed by atoms with E-state index in [1.807, 2.05) is 0 Å². The Morgan fingerprint density at radius 1 is 0.732 bits per heavy atom. The molecular weight excluding hydrogens is 624 g/mol. The summed E-state index contributed by atoms with van der Waals surface area (Å²) in [6.07, 6.45) is 1.42. The van der Waals surface area contributed by atoms with E-state index in [9.17, 15) is 14.4 Å². The van der Waals surface area contributed by atoms with Gasteiger partial charge in [0.2, 0.25) is 5.91 Å². The fraction of sp³-hybridized carbons (Fsp3) is 0.0333. The molecule has 4 aromatic rings. The molecule has 0 atom stereocenters. The van der Waals surface area contributed by atoms with E-state index in [1.54, 1.807) is 91.0 Å². The van der Waals surface area contributed by atoms with Crippen molar-refractivity contribution in [1.29, 1.82) is 0 Å². The van der Waals surface area contributed by atoms with Gasteiger partial charge in [0.25, 0.3) is 11.8 Å². The lowest BCUT2D eigenvalue weighted by Crippen LogP contribution is -2.30. The molecular formula is C30H21Cl4N3O3S. The number of carbonyl (C=O) groups excluding carboxylic acids is 3. The zero-order valence-electron chi connectivity index (χ0n) is 21.1.